The minimum atomic E-state index is -0.178. The van der Waals surface area contributed by atoms with Crippen LogP contribution in [0.15, 0.2) is 24.3 Å². The molecule has 0 saturated carbocycles. The quantitative estimate of drug-likeness (QED) is 0.920. The van der Waals surface area contributed by atoms with E-state index in [9.17, 15) is 4.39 Å². The maximum atomic E-state index is 12.9. The lowest BCUT2D eigenvalue weighted by molar-refractivity contribution is 0.0176. The third-order valence-corrected chi connectivity index (χ3v) is 4.89. The first-order chi connectivity index (χ1) is 10.2. The van der Waals surface area contributed by atoms with Gasteiger partial charge in [0.05, 0.1) is 0 Å². The van der Waals surface area contributed by atoms with Gasteiger partial charge in [0.2, 0.25) is 0 Å². The summed E-state index contributed by atoms with van der Waals surface area (Å²) < 4.78 is 12.9. The number of rotatable bonds is 4. The Morgan fingerprint density at radius 2 is 2.00 bits per heavy atom. The molecule has 2 atom stereocenters. The largest absolute Gasteiger partial charge is 0.384 e. The number of nitrogens with one attached hydrogen (secondary N) is 1. The summed E-state index contributed by atoms with van der Waals surface area (Å²) in [4.78, 5) is 5.28. The number of hydrogen-bond acceptors (Lipinski definition) is 3. The molecule has 2 heterocycles. The molecule has 4 heteroatoms. The SMILES string of the molecule is CC1CN2CCCCC2CN1CCNc1ccc(F)cc1. The van der Waals surface area contributed by atoms with Crippen molar-refractivity contribution in [3.8, 4) is 0 Å². The second kappa shape index (κ2) is 6.75. The number of nitrogens with zero attached hydrogens (tertiary/aromatic N) is 2. The highest BCUT2D eigenvalue weighted by Gasteiger charge is 2.32. The summed E-state index contributed by atoms with van der Waals surface area (Å²) in [6, 6.07) is 8.02. The van der Waals surface area contributed by atoms with Gasteiger partial charge in [0.1, 0.15) is 5.82 Å². The summed E-state index contributed by atoms with van der Waals surface area (Å²) in [5.41, 5.74) is 1.00. The Morgan fingerprint density at radius 1 is 1.19 bits per heavy atom. The number of fused-ring (bicyclic) bond motifs is 1. The van der Waals surface area contributed by atoms with Crippen LogP contribution in [0.1, 0.15) is 26.2 Å². The molecule has 21 heavy (non-hydrogen) atoms. The second-order valence-corrected chi connectivity index (χ2v) is 6.42. The zero-order chi connectivity index (χ0) is 14.7. The molecule has 0 bridgehead atoms. The molecular weight excluding hydrogens is 265 g/mol. The topological polar surface area (TPSA) is 18.5 Å². The molecule has 116 valence electrons. The highest BCUT2D eigenvalue weighted by atomic mass is 19.1. The molecule has 0 amide bonds. The standard InChI is InChI=1S/C17H26FN3/c1-14-12-21-10-3-2-4-17(21)13-20(14)11-9-19-16-7-5-15(18)6-8-16/h5-8,14,17,19H,2-4,9-13H2,1H3. The molecule has 2 aliphatic rings. The van der Waals surface area contributed by atoms with Gasteiger partial charge in [0.15, 0.2) is 0 Å². The zero-order valence-electron chi connectivity index (χ0n) is 12.9. The smallest absolute Gasteiger partial charge is 0.123 e. The summed E-state index contributed by atoms with van der Waals surface area (Å²) in [7, 11) is 0. The second-order valence-electron chi connectivity index (χ2n) is 6.42. The van der Waals surface area contributed by atoms with Crippen LogP contribution in [0.5, 0.6) is 0 Å². The molecule has 0 spiro atoms. The van der Waals surface area contributed by atoms with Crippen LogP contribution in [0.2, 0.25) is 0 Å². The molecule has 3 nitrogen and oxygen atoms in total. The van der Waals surface area contributed by atoms with Crippen molar-refractivity contribution in [2.24, 2.45) is 0 Å². The molecule has 2 unspecified atom stereocenters. The predicted molar refractivity (Wildman–Crippen MR) is 85.1 cm³/mol. The van der Waals surface area contributed by atoms with Crippen molar-refractivity contribution in [3.63, 3.8) is 0 Å². The van der Waals surface area contributed by atoms with Crippen molar-refractivity contribution in [3.05, 3.63) is 30.1 Å². The lowest BCUT2D eigenvalue weighted by Gasteiger charge is -2.47. The van der Waals surface area contributed by atoms with E-state index in [-0.39, 0.29) is 5.82 Å². The van der Waals surface area contributed by atoms with E-state index in [0.717, 1.165) is 24.8 Å². The molecular formula is C17H26FN3. The molecule has 1 N–H and O–H groups in total. The van der Waals surface area contributed by atoms with Crippen molar-refractivity contribution in [2.75, 3.05) is 38.0 Å². The van der Waals surface area contributed by atoms with Crippen LogP contribution in [-0.4, -0.2) is 54.6 Å². The molecule has 0 aliphatic carbocycles. The fraction of sp³-hybridized carbons (Fsp3) is 0.647. The Morgan fingerprint density at radius 3 is 2.81 bits per heavy atom. The van der Waals surface area contributed by atoms with Gasteiger partial charge in [-0.15, -0.1) is 0 Å². The van der Waals surface area contributed by atoms with Crippen molar-refractivity contribution in [1.29, 1.82) is 0 Å². The van der Waals surface area contributed by atoms with Crippen LogP contribution in [0.4, 0.5) is 10.1 Å². The summed E-state index contributed by atoms with van der Waals surface area (Å²) in [5.74, 6) is -0.178. The van der Waals surface area contributed by atoms with Gasteiger partial charge in [-0.2, -0.15) is 0 Å². The van der Waals surface area contributed by atoms with Gasteiger partial charge < -0.3 is 5.32 Å². The Bertz CT molecular complexity index is 448. The molecule has 0 radical (unpaired) electrons. The molecule has 1 aromatic carbocycles. The van der Waals surface area contributed by atoms with Gasteiger partial charge in [0.25, 0.3) is 0 Å². The predicted octanol–water partition coefficient (Wildman–Crippen LogP) is 2.80. The first-order valence-corrected chi connectivity index (χ1v) is 8.20. The highest BCUT2D eigenvalue weighted by molar-refractivity contribution is 5.42. The Kier molecular flexibility index (Phi) is 4.76. The third kappa shape index (κ3) is 3.74. The molecule has 2 saturated heterocycles. The summed E-state index contributed by atoms with van der Waals surface area (Å²) in [6.45, 7) is 8.01. The van der Waals surface area contributed by atoms with E-state index in [1.54, 1.807) is 12.1 Å². The van der Waals surface area contributed by atoms with E-state index in [4.69, 9.17) is 0 Å². The Balaban J connectivity index is 1.47. The van der Waals surface area contributed by atoms with Gasteiger partial charge in [-0.3, -0.25) is 9.80 Å². The molecule has 3 rings (SSSR count). The van der Waals surface area contributed by atoms with E-state index >= 15 is 0 Å². The average molecular weight is 291 g/mol. The van der Waals surface area contributed by atoms with Crippen molar-refractivity contribution in [2.45, 2.75) is 38.3 Å². The lowest BCUT2D eigenvalue weighted by atomic mass is 9.97. The summed E-state index contributed by atoms with van der Waals surface area (Å²) >= 11 is 0. The Hall–Kier alpha value is -1.13. The first kappa shape index (κ1) is 14.8. The van der Waals surface area contributed by atoms with E-state index in [1.807, 2.05) is 0 Å². The van der Waals surface area contributed by atoms with Crippen LogP contribution in [-0.2, 0) is 0 Å². The zero-order valence-corrected chi connectivity index (χ0v) is 12.9. The maximum Gasteiger partial charge on any atom is 0.123 e. The van der Waals surface area contributed by atoms with Gasteiger partial charge in [-0.1, -0.05) is 6.42 Å². The number of anilines is 1. The van der Waals surface area contributed by atoms with Crippen LogP contribution >= 0.6 is 0 Å². The maximum absolute atomic E-state index is 12.9. The fourth-order valence-corrected chi connectivity index (χ4v) is 3.64. The number of hydrogen-bond donors (Lipinski definition) is 1. The normalized spacial score (nSPS) is 27.3. The van der Waals surface area contributed by atoms with Gasteiger partial charge in [-0.05, 0) is 50.6 Å². The van der Waals surface area contributed by atoms with Gasteiger partial charge >= 0.3 is 0 Å². The van der Waals surface area contributed by atoms with E-state index < -0.39 is 0 Å². The van der Waals surface area contributed by atoms with Crippen molar-refractivity contribution in [1.82, 2.24) is 9.80 Å². The monoisotopic (exact) mass is 291 g/mol. The average Bonchev–Trinajstić information content (AvgIpc) is 2.50. The minimum Gasteiger partial charge on any atom is -0.384 e. The van der Waals surface area contributed by atoms with E-state index in [1.165, 1.54) is 51.0 Å². The van der Waals surface area contributed by atoms with Crippen molar-refractivity contribution >= 4 is 5.69 Å². The van der Waals surface area contributed by atoms with Crippen LogP contribution < -0.4 is 5.32 Å². The molecule has 0 aromatic heterocycles. The van der Waals surface area contributed by atoms with Crippen molar-refractivity contribution < 1.29 is 4.39 Å². The number of piperidine rings is 1. The lowest BCUT2D eigenvalue weighted by Crippen LogP contribution is -2.59. The Labute approximate surface area is 127 Å². The van der Waals surface area contributed by atoms with E-state index in [2.05, 4.69) is 22.0 Å². The molecule has 2 aliphatic heterocycles. The minimum absolute atomic E-state index is 0.178. The number of halogens is 1. The summed E-state index contributed by atoms with van der Waals surface area (Å²) in [5, 5.41) is 3.39. The van der Waals surface area contributed by atoms with Gasteiger partial charge in [0, 0.05) is 44.0 Å². The van der Waals surface area contributed by atoms with Gasteiger partial charge in [-0.25, -0.2) is 4.39 Å². The fourth-order valence-electron chi connectivity index (χ4n) is 3.64. The summed E-state index contributed by atoms with van der Waals surface area (Å²) in [6.07, 6.45) is 4.11. The van der Waals surface area contributed by atoms with Crippen LogP contribution in [0.3, 0.4) is 0 Å². The number of piperazine rings is 1. The first-order valence-electron chi connectivity index (χ1n) is 8.20. The number of benzene rings is 1. The third-order valence-electron chi connectivity index (χ3n) is 4.89. The van der Waals surface area contributed by atoms with E-state index in [0.29, 0.717) is 6.04 Å². The van der Waals surface area contributed by atoms with Crippen LogP contribution in [0, 0.1) is 5.82 Å². The molecule has 2 fully saturated rings. The highest BCUT2D eigenvalue weighted by Crippen LogP contribution is 2.23. The van der Waals surface area contributed by atoms with Crippen LogP contribution in [0.25, 0.3) is 0 Å². The molecule has 1 aromatic rings.